The minimum Gasteiger partial charge on any atom is -0.465 e. The maximum absolute atomic E-state index is 12.5. The molecule has 4 rings (SSSR count). The van der Waals surface area contributed by atoms with Crippen molar-refractivity contribution in [2.24, 2.45) is 0 Å². The van der Waals surface area contributed by atoms with Crippen molar-refractivity contribution in [2.75, 3.05) is 19.0 Å². The number of benzene rings is 1. The summed E-state index contributed by atoms with van der Waals surface area (Å²) in [5.41, 5.74) is 1.16. The lowest BCUT2D eigenvalue weighted by molar-refractivity contribution is 0.0596. The number of fused-ring (bicyclic) bond motifs is 1. The molecule has 4 aromatic rings. The molecule has 3 heterocycles. The van der Waals surface area contributed by atoms with Crippen LogP contribution in [0, 0.1) is 0 Å². The number of aromatic nitrogens is 4. The molecule has 0 aliphatic heterocycles. The maximum atomic E-state index is 12.5. The summed E-state index contributed by atoms with van der Waals surface area (Å²) >= 11 is 1.67. The normalized spacial score (nSPS) is 10.7. The lowest BCUT2D eigenvalue weighted by Gasteiger charge is -2.09. The molecule has 3 aromatic heterocycles. The third-order valence-electron chi connectivity index (χ3n) is 4.63. The van der Waals surface area contributed by atoms with Crippen molar-refractivity contribution in [3.63, 3.8) is 0 Å². The Hall–Kier alpha value is -3.79. The second-order valence-corrected chi connectivity index (χ2v) is 7.59. The van der Waals surface area contributed by atoms with Crippen molar-refractivity contribution in [2.45, 2.75) is 13.1 Å². The number of amides is 1. The van der Waals surface area contributed by atoms with Crippen LogP contribution in [0.25, 0.3) is 11.0 Å². The Bertz CT molecular complexity index is 1210. The molecular formula is C21H20N6O3S. The first kappa shape index (κ1) is 20.5. The predicted molar refractivity (Wildman–Crippen MR) is 117 cm³/mol. The number of methoxy groups -OCH3 is 1. The molecule has 1 amide bonds. The number of ether oxygens (including phenoxy) is 1. The fourth-order valence-corrected chi connectivity index (χ4v) is 3.77. The van der Waals surface area contributed by atoms with Gasteiger partial charge in [0.05, 0.1) is 42.9 Å². The Morgan fingerprint density at radius 2 is 1.97 bits per heavy atom. The fraction of sp³-hybridized carbons (Fsp3) is 0.190. The van der Waals surface area contributed by atoms with E-state index in [9.17, 15) is 9.59 Å². The second kappa shape index (κ2) is 9.35. The number of hydrogen-bond acceptors (Lipinski definition) is 8. The van der Waals surface area contributed by atoms with Crippen LogP contribution in [-0.2, 0) is 17.8 Å². The van der Waals surface area contributed by atoms with Crippen LogP contribution in [0.1, 0.15) is 25.6 Å². The zero-order valence-electron chi connectivity index (χ0n) is 16.7. The van der Waals surface area contributed by atoms with E-state index in [1.54, 1.807) is 46.5 Å². The van der Waals surface area contributed by atoms with Crippen LogP contribution in [-0.4, -0.2) is 45.3 Å². The number of carbonyl (C=O) groups excluding carboxylic acids is 2. The Labute approximate surface area is 182 Å². The maximum Gasteiger partial charge on any atom is 0.338 e. The van der Waals surface area contributed by atoms with Gasteiger partial charge in [0, 0.05) is 11.4 Å². The molecule has 0 aliphatic carbocycles. The summed E-state index contributed by atoms with van der Waals surface area (Å²) < 4.78 is 6.45. The Kier molecular flexibility index (Phi) is 6.18. The smallest absolute Gasteiger partial charge is 0.338 e. The van der Waals surface area contributed by atoms with Gasteiger partial charge in [0.2, 0.25) is 0 Å². The quantitative estimate of drug-likeness (QED) is 0.409. The predicted octanol–water partition coefficient (Wildman–Crippen LogP) is 2.72. The van der Waals surface area contributed by atoms with Gasteiger partial charge in [-0.3, -0.25) is 4.79 Å². The van der Waals surface area contributed by atoms with E-state index in [2.05, 4.69) is 31.8 Å². The van der Waals surface area contributed by atoms with E-state index in [0.717, 1.165) is 5.39 Å². The highest BCUT2D eigenvalue weighted by Gasteiger charge is 2.17. The summed E-state index contributed by atoms with van der Waals surface area (Å²) in [5.74, 6) is -0.200. The second-order valence-electron chi connectivity index (χ2n) is 6.55. The lowest BCUT2D eigenvalue weighted by Crippen LogP contribution is -2.29. The number of carbonyl (C=O) groups is 2. The summed E-state index contributed by atoms with van der Waals surface area (Å²) in [5, 5.41) is 13.3. The largest absolute Gasteiger partial charge is 0.465 e. The number of nitrogens with zero attached hydrogens (tertiary/aromatic N) is 4. The molecular weight excluding hydrogens is 416 g/mol. The highest BCUT2D eigenvalue weighted by Crippen LogP contribution is 2.20. The molecule has 0 fully saturated rings. The van der Waals surface area contributed by atoms with Gasteiger partial charge in [-0.05, 0) is 23.6 Å². The number of anilines is 1. The van der Waals surface area contributed by atoms with Crippen LogP contribution in [0.15, 0.2) is 54.3 Å². The zero-order chi connectivity index (χ0) is 21.6. The number of nitrogens with one attached hydrogen (secondary N) is 2. The summed E-state index contributed by atoms with van der Waals surface area (Å²) in [6.45, 7) is 1.40. The summed E-state index contributed by atoms with van der Waals surface area (Å²) in [6, 6.07) is 10.6. The average Bonchev–Trinajstić information content (AvgIpc) is 3.47. The van der Waals surface area contributed by atoms with E-state index < -0.39 is 5.97 Å². The van der Waals surface area contributed by atoms with Crippen LogP contribution in [0.2, 0.25) is 0 Å². The number of esters is 1. The molecule has 0 saturated carbocycles. The van der Waals surface area contributed by atoms with E-state index in [4.69, 9.17) is 4.74 Å². The molecule has 10 heteroatoms. The van der Waals surface area contributed by atoms with Gasteiger partial charge in [-0.15, -0.1) is 11.3 Å². The first-order chi connectivity index (χ1) is 15.2. The third-order valence-corrected chi connectivity index (χ3v) is 5.51. The van der Waals surface area contributed by atoms with Crippen molar-refractivity contribution in [3.05, 3.63) is 70.3 Å². The van der Waals surface area contributed by atoms with Gasteiger partial charge in [-0.1, -0.05) is 18.2 Å². The van der Waals surface area contributed by atoms with Crippen molar-refractivity contribution < 1.29 is 14.3 Å². The van der Waals surface area contributed by atoms with Gasteiger partial charge in [0.25, 0.3) is 5.91 Å². The zero-order valence-corrected chi connectivity index (χ0v) is 17.6. The summed E-state index contributed by atoms with van der Waals surface area (Å²) in [7, 11) is 1.28. The van der Waals surface area contributed by atoms with Gasteiger partial charge < -0.3 is 15.4 Å². The van der Waals surface area contributed by atoms with E-state index in [1.165, 1.54) is 18.3 Å². The molecule has 0 atom stereocenters. The number of thiophene rings is 1. The molecule has 0 aliphatic rings. The molecule has 0 radical (unpaired) electrons. The standard InChI is InChI=1S/C21H20N6O3S/c1-30-21(29)16-7-3-2-6-15(16)20(28)22-8-9-27-19-17(12-26-27)18(24-13-25-19)23-11-14-5-4-10-31-14/h2-7,10,12-13H,8-9,11H2,1H3,(H,22,28)(H,23,24,25). The molecule has 2 N–H and O–H groups in total. The molecule has 0 bridgehead atoms. The van der Waals surface area contributed by atoms with E-state index in [0.29, 0.717) is 31.1 Å². The van der Waals surface area contributed by atoms with E-state index in [-0.39, 0.29) is 17.0 Å². The SMILES string of the molecule is COC(=O)c1ccccc1C(=O)NCCn1ncc2c(NCc3cccs3)ncnc21. The molecule has 1 aromatic carbocycles. The third kappa shape index (κ3) is 4.53. The van der Waals surface area contributed by atoms with Crippen LogP contribution in [0.5, 0.6) is 0 Å². The van der Waals surface area contributed by atoms with Gasteiger partial charge in [0.15, 0.2) is 5.65 Å². The molecule has 9 nitrogen and oxygen atoms in total. The fourth-order valence-electron chi connectivity index (χ4n) is 3.12. The van der Waals surface area contributed by atoms with Gasteiger partial charge in [-0.2, -0.15) is 5.10 Å². The Morgan fingerprint density at radius 1 is 1.13 bits per heavy atom. The van der Waals surface area contributed by atoms with Crippen molar-refractivity contribution in [1.29, 1.82) is 0 Å². The minimum absolute atomic E-state index is 0.223. The van der Waals surface area contributed by atoms with Gasteiger partial charge in [-0.25, -0.2) is 19.4 Å². The van der Waals surface area contributed by atoms with Crippen LogP contribution < -0.4 is 10.6 Å². The van der Waals surface area contributed by atoms with Crippen molar-refractivity contribution in [1.82, 2.24) is 25.1 Å². The molecule has 0 spiro atoms. The number of hydrogen-bond donors (Lipinski definition) is 2. The van der Waals surface area contributed by atoms with Gasteiger partial charge in [0.1, 0.15) is 12.1 Å². The summed E-state index contributed by atoms with van der Waals surface area (Å²) in [6.07, 6.45) is 3.20. The molecule has 0 unspecified atom stereocenters. The van der Waals surface area contributed by atoms with E-state index >= 15 is 0 Å². The minimum atomic E-state index is -0.553. The van der Waals surface area contributed by atoms with E-state index in [1.807, 2.05) is 11.4 Å². The molecule has 158 valence electrons. The van der Waals surface area contributed by atoms with Crippen LogP contribution >= 0.6 is 11.3 Å². The average molecular weight is 436 g/mol. The van der Waals surface area contributed by atoms with Crippen LogP contribution in [0.4, 0.5) is 5.82 Å². The first-order valence-electron chi connectivity index (χ1n) is 9.55. The number of rotatable bonds is 8. The monoisotopic (exact) mass is 436 g/mol. The molecule has 0 saturated heterocycles. The van der Waals surface area contributed by atoms with Gasteiger partial charge >= 0.3 is 5.97 Å². The summed E-state index contributed by atoms with van der Waals surface area (Å²) in [4.78, 5) is 34.3. The first-order valence-corrected chi connectivity index (χ1v) is 10.4. The van der Waals surface area contributed by atoms with Crippen LogP contribution in [0.3, 0.4) is 0 Å². The Morgan fingerprint density at radius 3 is 2.74 bits per heavy atom. The molecule has 31 heavy (non-hydrogen) atoms. The lowest BCUT2D eigenvalue weighted by atomic mass is 10.1. The highest BCUT2D eigenvalue weighted by atomic mass is 32.1. The topological polar surface area (TPSA) is 111 Å². The van der Waals surface area contributed by atoms with Crippen molar-refractivity contribution >= 4 is 40.1 Å². The highest BCUT2D eigenvalue weighted by molar-refractivity contribution is 7.09. The van der Waals surface area contributed by atoms with Crippen molar-refractivity contribution in [3.8, 4) is 0 Å². The Balaban J connectivity index is 1.41.